The first-order valence-corrected chi connectivity index (χ1v) is 10.00. The van der Waals surface area contributed by atoms with Crippen molar-refractivity contribution in [2.45, 2.75) is 25.7 Å². The second-order valence-corrected chi connectivity index (χ2v) is 7.51. The van der Waals surface area contributed by atoms with Crippen LogP contribution in [0.4, 0.5) is 10.1 Å². The minimum atomic E-state index is -0.455. The lowest BCUT2D eigenvalue weighted by molar-refractivity contribution is -0.134. The van der Waals surface area contributed by atoms with Gasteiger partial charge < -0.3 is 15.2 Å². The fourth-order valence-electron chi connectivity index (χ4n) is 3.95. The van der Waals surface area contributed by atoms with Gasteiger partial charge in [-0.2, -0.15) is 0 Å². The van der Waals surface area contributed by atoms with Gasteiger partial charge in [0.1, 0.15) is 5.82 Å². The van der Waals surface area contributed by atoms with Crippen LogP contribution in [0.15, 0.2) is 54.7 Å². The van der Waals surface area contributed by atoms with Crippen molar-refractivity contribution >= 4 is 28.4 Å². The molecule has 0 radical (unpaired) electrons. The van der Waals surface area contributed by atoms with E-state index in [0.29, 0.717) is 32.4 Å². The van der Waals surface area contributed by atoms with Crippen LogP contribution in [-0.2, 0) is 16.0 Å². The van der Waals surface area contributed by atoms with Gasteiger partial charge in [-0.25, -0.2) is 4.39 Å². The summed E-state index contributed by atoms with van der Waals surface area (Å²) in [6.45, 7) is 1.04. The van der Waals surface area contributed by atoms with Gasteiger partial charge in [0.2, 0.25) is 11.8 Å². The number of aromatic amines is 1. The van der Waals surface area contributed by atoms with Crippen LogP contribution < -0.4 is 5.32 Å². The molecule has 150 valence electrons. The third kappa shape index (κ3) is 4.31. The Balaban J connectivity index is 1.34. The molecule has 1 saturated heterocycles. The van der Waals surface area contributed by atoms with E-state index in [-0.39, 0.29) is 23.4 Å². The van der Waals surface area contributed by atoms with E-state index in [4.69, 9.17) is 0 Å². The Morgan fingerprint density at radius 2 is 1.93 bits per heavy atom. The highest BCUT2D eigenvalue weighted by atomic mass is 19.1. The highest BCUT2D eigenvalue weighted by molar-refractivity contribution is 5.93. The lowest BCUT2D eigenvalue weighted by Crippen LogP contribution is -2.43. The van der Waals surface area contributed by atoms with Crippen LogP contribution in [0, 0.1) is 11.7 Å². The summed E-state index contributed by atoms with van der Waals surface area (Å²) in [6, 6.07) is 14.2. The smallest absolute Gasteiger partial charge is 0.229 e. The fraction of sp³-hybridized carbons (Fsp3) is 0.304. The average molecular weight is 393 g/mol. The lowest BCUT2D eigenvalue weighted by atomic mass is 9.96. The molecule has 1 aliphatic heterocycles. The first kappa shape index (κ1) is 19.2. The number of likely N-dealkylation sites (tertiary alicyclic amines) is 1. The number of hydrogen-bond donors (Lipinski definition) is 2. The Hall–Kier alpha value is -3.15. The second kappa shape index (κ2) is 8.47. The Morgan fingerprint density at radius 1 is 1.14 bits per heavy atom. The first-order valence-electron chi connectivity index (χ1n) is 10.00. The number of nitrogens with one attached hydrogen (secondary N) is 2. The molecule has 6 heteroatoms. The SMILES string of the molecule is O=C(Nc1ccccc1F)[C@H]1CCCN(C(=O)CCc2c[nH]c3ccccc23)C1. The number of aromatic nitrogens is 1. The van der Waals surface area contributed by atoms with Gasteiger partial charge >= 0.3 is 0 Å². The lowest BCUT2D eigenvalue weighted by Gasteiger charge is -2.32. The highest BCUT2D eigenvalue weighted by Crippen LogP contribution is 2.22. The molecule has 1 aromatic heterocycles. The molecule has 0 spiro atoms. The summed E-state index contributed by atoms with van der Waals surface area (Å²) in [5.74, 6) is -0.952. The van der Waals surface area contributed by atoms with Gasteiger partial charge in [-0.05, 0) is 43.0 Å². The van der Waals surface area contributed by atoms with Gasteiger partial charge in [0.25, 0.3) is 0 Å². The number of amides is 2. The number of anilines is 1. The minimum Gasteiger partial charge on any atom is -0.361 e. The number of benzene rings is 2. The van der Waals surface area contributed by atoms with Gasteiger partial charge in [0.05, 0.1) is 11.6 Å². The van der Waals surface area contributed by atoms with Gasteiger partial charge in [-0.15, -0.1) is 0 Å². The molecule has 4 rings (SSSR count). The normalized spacial score (nSPS) is 16.7. The van der Waals surface area contributed by atoms with Crippen LogP contribution in [0.1, 0.15) is 24.8 Å². The topological polar surface area (TPSA) is 65.2 Å². The van der Waals surface area contributed by atoms with E-state index in [1.54, 1.807) is 23.1 Å². The number of carbonyl (C=O) groups is 2. The molecule has 2 heterocycles. The summed E-state index contributed by atoms with van der Waals surface area (Å²) >= 11 is 0. The van der Waals surface area contributed by atoms with Crippen LogP contribution in [0.25, 0.3) is 10.9 Å². The maximum absolute atomic E-state index is 13.8. The van der Waals surface area contributed by atoms with Gasteiger partial charge in [0, 0.05) is 36.6 Å². The number of carbonyl (C=O) groups excluding carboxylic acids is 2. The highest BCUT2D eigenvalue weighted by Gasteiger charge is 2.28. The maximum atomic E-state index is 13.8. The van der Waals surface area contributed by atoms with Crippen molar-refractivity contribution in [2.75, 3.05) is 18.4 Å². The van der Waals surface area contributed by atoms with E-state index < -0.39 is 5.82 Å². The molecule has 1 aliphatic rings. The van der Waals surface area contributed by atoms with Crippen molar-refractivity contribution < 1.29 is 14.0 Å². The number of aryl methyl sites for hydroxylation is 1. The predicted octanol–water partition coefficient (Wildman–Crippen LogP) is 4.12. The molecule has 2 amide bonds. The molecule has 0 aliphatic carbocycles. The zero-order chi connectivity index (χ0) is 20.2. The molecule has 0 saturated carbocycles. The number of fused-ring (bicyclic) bond motifs is 1. The molecule has 0 bridgehead atoms. The van der Waals surface area contributed by atoms with E-state index in [9.17, 15) is 14.0 Å². The Kier molecular flexibility index (Phi) is 5.60. The van der Waals surface area contributed by atoms with E-state index in [2.05, 4.69) is 16.4 Å². The number of rotatable bonds is 5. The average Bonchev–Trinajstić information content (AvgIpc) is 3.17. The fourth-order valence-corrected chi connectivity index (χ4v) is 3.95. The first-order chi connectivity index (χ1) is 14.1. The van der Waals surface area contributed by atoms with E-state index >= 15 is 0 Å². The van der Waals surface area contributed by atoms with Crippen molar-refractivity contribution in [1.82, 2.24) is 9.88 Å². The van der Waals surface area contributed by atoms with E-state index in [0.717, 1.165) is 22.9 Å². The number of H-pyrrole nitrogens is 1. The van der Waals surface area contributed by atoms with Crippen LogP contribution in [0.5, 0.6) is 0 Å². The number of para-hydroxylation sites is 2. The summed E-state index contributed by atoms with van der Waals surface area (Å²) in [7, 11) is 0. The van der Waals surface area contributed by atoms with Crippen molar-refractivity contribution in [3.63, 3.8) is 0 Å². The van der Waals surface area contributed by atoms with Crippen LogP contribution >= 0.6 is 0 Å². The van der Waals surface area contributed by atoms with Crippen molar-refractivity contribution in [1.29, 1.82) is 0 Å². The van der Waals surface area contributed by atoms with Gasteiger partial charge in [0.15, 0.2) is 0 Å². The molecular formula is C23H24FN3O2. The zero-order valence-corrected chi connectivity index (χ0v) is 16.2. The molecule has 1 fully saturated rings. The summed E-state index contributed by atoms with van der Waals surface area (Å²) in [5, 5.41) is 3.80. The van der Waals surface area contributed by atoms with Gasteiger partial charge in [-0.1, -0.05) is 30.3 Å². The third-order valence-electron chi connectivity index (χ3n) is 5.56. The number of piperidine rings is 1. The summed E-state index contributed by atoms with van der Waals surface area (Å²) in [6.07, 6.45) is 4.49. The molecule has 0 unspecified atom stereocenters. The maximum Gasteiger partial charge on any atom is 0.229 e. The Morgan fingerprint density at radius 3 is 2.79 bits per heavy atom. The second-order valence-electron chi connectivity index (χ2n) is 7.51. The number of hydrogen-bond acceptors (Lipinski definition) is 2. The zero-order valence-electron chi connectivity index (χ0n) is 16.2. The molecule has 1 atom stereocenters. The van der Waals surface area contributed by atoms with E-state index in [1.807, 2.05) is 24.4 Å². The summed E-state index contributed by atoms with van der Waals surface area (Å²) in [5.41, 5.74) is 2.37. The quantitative estimate of drug-likeness (QED) is 0.685. The Labute approximate surface area is 168 Å². The number of nitrogens with zero attached hydrogens (tertiary/aromatic N) is 1. The van der Waals surface area contributed by atoms with Crippen molar-refractivity contribution in [3.8, 4) is 0 Å². The third-order valence-corrected chi connectivity index (χ3v) is 5.56. The number of halogens is 1. The molecule has 5 nitrogen and oxygen atoms in total. The molecule has 29 heavy (non-hydrogen) atoms. The molecule has 2 aromatic carbocycles. The molecular weight excluding hydrogens is 369 g/mol. The van der Waals surface area contributed by atoms with Crippen molar-refractivity contribution in [3.05, 3.63) is 66.1 Å². The standard InChI is InChI=1S/C23H24FN3O2/c24-19-8-2-4-10-21(19)26-23(29)17-6-5-13-27(15-17)22(28)12-11-16-14-25-20-9-3-1-7-18(16)20/h1-4,7-10,14,17,25H,5-6,11-13,15H2,(H,26,29)/t17-/m0/s1. The Bertz CT molecular complexity index is 1030. The molecule has 3 aromatic rings. The van der Waals surface area contributed by atoms with Gasteiger partial charge in [-0.3, -0.25) is 9.59 Å². The monoisotopic (exact) mass is 393 g/mol. The van der Waals surface area contributed by atoms with E-state index in [1.165, 1.54) is 6.07 Å². The summed E-state index contributed by atoms with van der Waals surface area (Å²) < 4.78 is 13.8. The van der Waals surface area contributed by atoms with Crippen LogP contribution in [0.3, 0.4) is 0 Å². The largest absolute Gasteiger partial charge is 0.361 e. The van der Waals surface area contributed by atoms with Crippen LogP contribution in [0.2, 0.25) is 0 Å². The van der Waals surface area contributed by atoms with Crippen molar-refractivity contribution in [2.24, 2.45) is 5.92 Å². The minimum absolute atomic E-state index is 0.0543. The molecule has 2 N–H and O–H groups in total. The summed E-state index contributed by atoms with van der Waals surface area (Å²) in [4.78, 5) is 30.3. The predicted molar refractivity (Wildman–Crippen MR) is 111 cm³/mol. The van der Waals surface area contributed by atoms with Crippen LogP contribution in [-0.4, -0.2) is 34.8 Å².